The molecule has 0 saturated carbocycles. The van der Waals surface area contributed by atoms with E-state index in [4.69, 9.17) is 4.74 Å². The van der Waals surface area contributed by atoms with E-state index in [1.807, 2.05) is 19.1 Å². The van der Waals surface area contributed by atoms with Crippen LogP contribution in [0.3, 0.4) is 0 Å². The molecular formula is C28H28FN5O2. The minimum atomic E-state index is -0.505. The molecule has 5 rings (SSSR count). The summed E-state index contributed by atoms with van der Waals surface area (Å²) in [5, 5.41) is 3.56. The lowest BCUT2D eigenvalue weighted by Crippen LogP contribution is -2.47. The van der Waals surface area contributed by atoms with E-state index in [2.05, 4.69) is 56.6 Å². The van der Waals surface area contributed by atoms with Crippen molar-refractivity contribution in [3.8, 4) is 28.1 Å². The van der Waals surface area contributed by atoms with Crippen LogP contribution in [-0.2, 0) is 7.05 Å². The fourth-order valence-electron chi connectivity index (χ4n) is 4.50. The van der Waals surface area contributed by atoms with Gasteiger partial charge in [0.15, 0.2) is 5.82 Å². The summed E-state index contributed by atoms with van der Waals surface area (Å²) in [5.41, 5.74) is 3.74. The maximum atomic E-state index is 14.3. The normalized spacial score (nSPS) is 15.6. The van der Waals surface area contributed by atoms with Gasteiger partial charge in [-0.3, -0.25) is 14.3 Å². The highest BCUT2D eigenvalue weighted by atomic mass is 19.1. The van der Waals surface area contributed by atoms with Crippen LogP contribution in [0, 0.1) is 5.82 Å². The van der Waals surface area contributed by atoms with Crippen molar-refractivity contribution in [3.05, 3.63) is 94.8 Å². The van der Waals surface area contributed by atoms with Gasteiger partial charge in [-0.25, -0.2) is 9.37 Å². The van der Waals surface area contributed by atoms with Gasteiger partial charge >= 0.3 is 0 Å². The van der Waals surface area contributed by atoms with Crippen LogP contribution in [0.4, 0.5) is 10.3 Å². The number of aromatic nitrogens is 3. The number of benzene rings is 2. The van der Waals surface area contributed by atoms with E-state index in [0.29, 0.717) is 31.3 Å². The molecule has 0 aliphatic carbocycles. The Labute approximate surface area is 209 Å². The van der Waals surface area contributed by atoms with E-state index in [0.717, 1.165) is 35.2 Å². The molecule has 7 nitrogen and oxygen atoms in total. The summed E-state index contributed by atoms with van der Waals surface area (Å²) in [6, 6.07) is 19.5. The maximum absolute atomic E-state index is 14.3. The molecule has 0 radical (unpaired) electrons. The number of nitrogens with one attached hydrogen (secondary N) is 1. The zero-order valence-corrected chi connectivity index (χ0v) is 20.3. The van der Waals surface area contributed by atoms with Crippen LogP contribution < -0.4 is 20.5 Å². The molecular weight excluding hydrogens is 457 g/mol. The predicted octanol–water partition coefficient (Wildman–Crippen LogP) is 4.20. The average molecular weight is 486 g/mol. The molecule has 4 aromatic rings. The summed E-state index contributed by atoms with van der Waals surface area (Å²) in [6.45, 7) is 4.66. The van der Waals surface area contributed by atoms with Crippen LogP contribution in [0.1, 0.15) is 18.5 Å². The summed E-state index contributed by atoms with van der Waals surface area (Å²) in [5.74, 6) is 0.879. The molecule has 36 heavy (non-hydrogen) atoms. The van der Waals surface area contributed by atoms with Gasteiger partial charge in [0.25, 0.3) is 5.56 Å². The smallest absolute Gasteiger partial charge is 0.255 e. The zero-order chi connectivity index (χ0) is 25.1. The van der Waals surface area contributed by atoms with Crippen molar-refractivity contribution in [1.29, 1.82) is 0 Å². The number of rotatable bonds is 6. The monoisotopic (exact) mass is 485 g/mol. The van der Waals surface area contributed by atoms with Gasteiger partial charge in [-0.1, -0.05) is 36.4 Å². The number of anilines is 1. The average Bonchev–Trinajstić information content (AvgIpc) is 2.91. The van der Waals surface area contributed by atoms with Gasteiger partial charge in [-0.2, -0.15) is 0 Å². The lowest BCUT2D eigenvalue weighted by molar-refractivity contribution is 0.340. The zero-order valence-electron chi connectivity index (χ0n) is 20.3. The number of ether oxygens (including phenoxy) is 1. The van der Waals surface area contributed by atoms with E-state index < -0.39 is 5.82 Å². The van der Waals surface area contributed by atoms with Crippen LogP contribution >= 0.6 is 0 Å². The van der Waals surface area contributed by atoms with E-state index in [1.165, 1.54) is 22.9 Å². The number of hydrogen-bond donors (Lipinski definition) is 1. The molecule has 184 valence electrons. The van der Waals surface area contributed by atoms with E-state index in [1.54, 1.807) is 7.05 Å². The first-order valence-electron chi connectivity index (χ1n) is 12.0. The van der Waals surface area contributed by atoms with Crippen molar-refractivity contribution in [1.82, 2.24) is 19.9 Å². The van der Waals surface area contributed by atoms with Gasteiger partial charge < -0.3 is 15.0 Å². The summed E-state index contributed by atoms with van der Waals surface area (Å²) < 4.78 is 21.4. The third-order valence-corrected chi connectivity index (χ3v) is 6.43. The second-order valence-corrected chi connectivity index (χ2v) is 8.73. The largest absolute Gasteiger partial charge is 0.494 e. The summed E-state index contributed by atoms with van der Waals surface area (Å²) in [6.07, 6.45) is 2.63. The van der Waals surface area contributed by atoms with Crippen LogP contribution in [0.15, 0.2) is 77.9 Å². The SMILES string of the molecule is CCOc1ccc(-c2ccc(C3CN(c4nc(-c5ccncc5F)cc(=O)n4C)CCN3)cc2)cc1. The quantitative estimate of drug-likeness (QED) is 0.441. The molecule has 1 aliphatic rings. The van der Waals surface area contributed by atoms with Gasteiger partial charge in [0.2, 0.25) is 5.95 Å². The molecule has 0 spiro atoms. The van der Waals surface area contributed by atoms with E-state index in [-0.39, 0.29) is 17.2 Å². The van der Waals surface area contributed by atoms with E-state index >= 15 is 0 Å². The van der Waals surface area contributed by atoms with Crippen molar-refractivity contribution < 1.29 is 9.13 Å². The number of pyridine rings is 1. The first kappa shape index (κ1) is 23.7. The van der Waals surface area contributed by atoms with Crippen molar-refractivity contribution in [2.45, 2.75) is 13.0 Å². The highest BCUT2D eigenvalue weighted by Gasteiger charge is 2.24. The molecule has 1 fully saturated rings. The Morgan fingerprint density at radius 1 is 1.08 bits per heavy atom. The molecule has 1 aliphatic heterocycles. The van der Waals surface area contributed by atoms with Crippen molar-refractivity contribution in [2.75, 3.05) is 31.1 Å². The summed E-state index contributed by atoms with van der Waals surface area (Å²) >= 11 is 0. The standard InChI is InChI=1S/C28H28FN5O2/c1-3-36-22-10-8-20(9-11-22)19-4-6-21(7-5-19)26-18-34(15-14-31-26)28-32-25(16-27(35)33(28)2)23-12-13-30-17-24(23)29/h4-13,16-17,26,31H,3,14-15,18H2,1-2H3. The molecule has 1 unspecified atom stereocenters. The van der Waals surface area contributed by atoms with Crippen LogP contribution in [0.5, 0.6) is 5.75 Å². The second-order valence-electron chi connectivity index (χ2n) is 8.73. The topological polar surface area (TPSA) is 72.3 Å². The molecule has 1 N–H and O–H groups in total. The first-order valence-corrected chi connectivity index (χ1v) is 12.0. The summed E-state index contributed by atoms with van der Waals surface area (Å²) in [4.78, 5) is 23.2. The Hall–Kier alpha value is -4.04. The molecule has 0 amide bonds. The molecule has 2 aromatic carbocycles. The van der Waals surface area contributed by atoms with Gasteiger partial charge in [0, 0.05) is 50.6 Å². The Morgan fingerprint density at radius 3 is 2.50 bits per heavy atom. The van der Waals surface area contributed by atoms with Gasteiger partial charge in [-0.15, -0.1) is 0 Å². The Morgan fingerprint density at radius 2 is 1.81 bits per heavy atom. The number of hydrogen-bond acceptors (Lipinski definition) is 6. The predicted molar refractivity (Wildman–Crippen MR) is 139 cm³/mol. The van der Waals surface area contributed by atoms with Crippen LogP contribution in [0.25, 0.3) is 22.4 Å². The number of nitrogens with zero attached hydrogens (tertiary/aromatic N) is 4. The van der Waals surface area contributed by atoms with Crippen molar-refractivity contribution >= 4 is 5.95 Å². The lowest BCUT2D eigenvalue weighted by Gasteiger charge is -2.35. The molecule has 1 atom stereocenters. The fraction of sp³-hybridized carbons (Fsp3) is 0.250. The highest BCUT2D eigenvalue weighted by molar-refractivity contribution is 5.65. The van der Waals surface area contributed by atoms with Crippen LogP contribution in [0.2, 0.25) is 0 Å². The molecule has 1 saturated heterocycles. The Kier molecular flexibility index (Phi) is 6.77. The molecule has 3 heterocycles. The third kappa shape index (κ3) is 4.85. The lowest BCUT2D eigenvalue weighted by atomic mass is 9.99. The Bertz CT molecular complexity index is 1400. The molecule has 2 aromatic heterocycles. The molecule has 0 bridgehead atoms. The van der Waals surface area contributed by atoms with Gasteiger partial charge in [-0.05, 0) is 41.8 Å². The van der Waals surface area contributed by atoms with Crippen molar-refractivity contribution in [3.63, 3.8) is 0 Å². The van der Waals surface area contributed by atoms with Gasteiger partial charge in [0.05, 0.1) is 18.5 Å². The fourth-order valence-corrected chi connectivity index (χ4v) is 4.50. The second kappa shape index (κ2) is 10.3. The van der Waals surface area contributed by atoms with E-state index in [9.17, 15) is 9.18 Å². The van der Waals surface area contributed by atoms with Crippen LogP contribution in [-0.4, -0.2) is 40.8 Å². The number of halogens is 1. The maximum Gasteiger partial charge on any atom is 0.255 e. The third-order valence-electron chi connectivity index (χ3n) is 6.43. The highest BCUT2D eigenvalue weighted by Crippen LogP contribution is 2.27. The minimum absolute atomic E-state index is 0.0614. The first-order chi connectivity index (χ1) is 17.5. The summed E-state index contributed by atoms with van der Waals surface area (Å²) in [7, 11) is 1.69. The minimum Gasteiger partial charge on any atom is -0.494 e. The molecule has 8 heteroatoms. The van der Waals surface area contributed by atoms with Crippen molar-refractivity contribution in [2.24, 2.45) is 7.05 Å². The number of piperazine rings is 1. The Balaban J connectivity index is 1.37. The van der Waals surface area contributed by atoms with Gasteiger partial charge in [0.1, 0.15) is 5.75 Å².